The molecule has 1 aliphatic heterocycles. The molecule has 5 heteroatoms. The zero-order chi connectivity index (χ0) is 12.3. The number of hydrogen-bond donors (Lipinski definition) is 2. The minimum absolute atomic E-state index is 0.00866. The van der Waals surface area contributed by atoms with Crippen molar-refractivity contribution >= 4 is 21.8 Å². The lowest BCUT2D eigenvalue weighted by molar-refractivity contribution is 0.0908. The van der Waals surface area contributed by atoms with E-state index in [2.05, 4.69) is 38.1 Å². The molecule has 2 rings (SSSR count). The first-order chi connectivity index (χ1) is 8.19. The zero-order valence-electron chi connectivity index (χ0n) is 10.0. The van der Waals surface area contributed by atoms with Crippen LogP contribution in [0.5, 0.6) is 0 Å². The number of nitrogens with one attached hydrogen (secondary N) is 2. The highest BCUT2D eigenvalue weighted by Crippen LogP contribution is 2.13. The van der Waals surface area contributed by atoms with E-state index in [-0.39, 0.29) is 5.91 Å². The molecule has 1 aromatic rings. The molecule has 94 valence electrons. The van der Waals surface area contributed by atoms with E-state index in [0.29, 0.717) is 11.7 Å². The topological polar surface area (TPSA) is 48.1 Å². The van der Waals surface area contributed by atoms with Crippen molar-refractivity contribution in [2.24, 2.45) is 0 Å². The van der Waals surface area contributed by atoms with Gasteiger partial charge >= 0.3 is 0 Å². The molecular weight excluding hydrogens is 282 g/mol. The Balaban J connectivity index is 1.84. The molecule has 17 heavy (non-hydrogen) atoms. The van der Waals surface area contributed by atoms with Gasteiger partial charge in [0, 0.05) is 29.8 Å². The number of hydrogen-bond acceptors (Lipinski definition) is 2. The van der Waals surface area contributed by atoms with Gasteiger partial charge in [-0.2, -0.15) is 0 Å². The van der Waals surface area contributed by atoms with Gasteiger partial charge in [0.1, 0.15) is 5.69 Å². The second-order valence-corrected chi connectivity index (χ2v) is 5.33. The van der Waals surface area contributed by atoms with Crippen molar-refractivity contribution in [1.29, 1.82) is 0 Å². The maximum Gasteiger partial charge on any atom is 0.267 e. The number of aromatic amines is 1. The van der Waals surface area contributed by atoms with E-state index in [0.717, 1.165) is 36.9 Å². The Morgan fingerprint density at radius 2 is 2.29 bits per heavy atom. The molecule has 2 heterocycles. The highest BCUT2D eigenvalue weighted by molar-refractivity contribution is 9.10. The Bertz CT molecular complexity index is 383. The average molecular weight is 300 g/mol. The predicted molar refractivity (Wildman–Crippen MR) is 71.1 cm³/mol. The molecule has 1 saturated heterocycles. The zero-order valence-corrected chi connectivity index (χ0v) is 11.6. The smallest absolute Gasteiger partial charge is 0.267 e. The van der Waals surface area contributed by atoms with Crippen molar-refractivity contribution in [3.63, 3.8) is 0 Å². The second kappa shape index (κ2) is 5.69. The number of H-pyrrole nitrogens is 1. The summed E-state index contributed by atoms with van der Waals surface area (Å²) in [6, 6.07) is 2.11. The maximum absolute atomic E-state index is 11.9. The molecule has 0 saturated carbocycles. The number of carbonyl (C=O) groups excluding carboxylic acids is 1. The predicted octanol–water partition coefficient (Wildman–Crippen LogP) is 1.99. The Kier molecular flexibility index (Phi) is 4.23. The summed E-state index contributed by atoms with van der Waals surface area (Å²) in [6.45, 7) is 5.44. The van der Waals surface area contributed by atoms with E-state index in [4.69, 9.17) is 0 Å². The van der Waals surface area contributed by atoms with Crippen LogP contribution in [0.3, 0.4) is 0 Å². The highest BCUT2D eigenvalue weighted by atomic mass is 79.9. The summed E-state index contributed by atoms with van der Waals surface area (Å²) in [5, 5.41) is 3.08. The van der Waals surface area contributed by atoms with Crippen molar-refractivity contribution in [2.75, 3.05) is 19.6 Å². The second-order valence-electron chi connectivity index (χ2n) is 4.41. The van der Waals surface area contributed by atoms with Gasteiger partial charge in [0.15, 0.2) is 0 Å². The largest absolute Gasteiger partial charge is 0.356 e. The molecule has 0 atom stereocenters. The number of aromatic nitrogens is 1. The van der Waals surface area contributed by atoms with Crippen molar-refractivity contribution in [3.8, 4) is 0 Å². The Morgan fingerprint density at radius 1 is 1.59 bits per heavy atom. The minimum Gasteiger partial charge on any atom is -0.356 e. The summed E-state index contributed by atoms with van der Waals surface area (Å²) in [6.07, 6.45) is 3.86. The molecule has 0 unspecified atom stereocenters. The Hall–Kier alpha value is -0.810. The van der Waals surface area contributed by atoms with Crippen molar-refractivity contribution in [1.82, 2.24) is 15.2 Å². The first kappa shape index (κ1) is 12.6. The quantitative estimate of drug-likeness (QED) is 0.897. The van der Waals surface area contributed by atoms with E-state index in [1.54, 1.807) is 12.3 Å². The van der Waals surface area contributed by atoms with Gasteiger partial charge in [-0.25, -0.2) is 0 Å². The van der Waals surface area contributed by atoms with Crippen LogP contribution in [0.4, 0.5) is 0 Å². The number of halogens is 1. The van der Waals surface area contributed by atoms with E-state index in [9.17, 15) is 4.79 Å². The standard InChI is InChI=1S/C12H18BrN3O/c1-2-16-5-3-10(4-6-16)15-12(17)11-7-9(13)8-14-11/h7-8,10,14H,2-6H2,1H3,(H,15,17). The molecule has 1 amide bonds. The molecule has 1 aromatic heterocycles. The number of nitrogens with zero attached hydrogens (tertiary/aromatic N) is 1. The lowest BCUT2D eigenvalue weighted by atomic mass is 10.1. The summed E-state index contributed by atoms with van der Waals surface area (Å²) < 4.78 is 0.906. The third-order valence-electron chi connectivity index (χ3n) is 3.26. The monoisotopic (exact) mass is 299 g/mol. The van der Waals surface area contributed by atoms with Gasteiger partial charge < -0.3 is 15.2 Å². The summed E-state index contributed by atoms with van der Waals surface area (Å²) in [4.78, 5) is 17.3. The SMILES string of the molecule is CCN1CCC(NC(=O)c2cc(Br)c[nH]2)CC1. The van der Waals surface area contributed by atoms with Gasteiger partial charge in [-0.05, 0) is 41.4 Å². The summed E-state index contributed by atoms with van der Waals surface area (Å²) in [5.41, 5.74) is 0.620. The maximum atomic E-state index is 11.9. The summed E-state index contributed by atoms with van der Waals surface area (Å²) >= 11 is 3.32. The molecule has 2 N–H and O–H groups in total. The molecular formula is C12H18BrN3O. The van der Waals surface area contributed by atoms with Gasteiger partial charge in [-0.1, -0.05) is 6.92 Å². The number of likely N-dealkylation sites (tertiary alicyclic amines) is 1. The lowest BCUT2D eigenvalue weighted by Crippen LogP contribution is -2.44. The van der Waals surface area contributed by atoms with Crippen LogP contribution in [-0.4, -0.2) is 41.5 Å². The fourth-order valence-electron chi connectivity index (χ4n) is 2.16. The number of rotatable bonds is 3. The van der Waals surface area contributed by atoms with Gasteiger partial charge in [0.05, 0.1) is 0 Å². The molecule has 0 aliphatic carbocycles. The van der Waals surface area contributed by atoms with Gasteiger partial charge in [-0.3, -0.25) is 4.79 Å². The third-order valence-corrected chi connectivity index (χ3v) is 3.72. The Morgan fingerprint density at radius 3 is 2.82 bits per heavy atom. The van der Waals surface area contributed by atoms with Crippen LogP contribution in [-0.2, 0) is 0 Å². The van der Waals surface area contributed by atoms with E-state index in [1.807, 2.05) is 0 Å². The van der Waals surface area contributed by atoms with Crippen LogP contribution < -0.4 is 5.32 Å². The number of carbonyl (C=O) groups is 1. The van der Waals surface area contributed by atoms with Crippen molar-refractivity contribution in [2.45, 2.75) is 25.8 Å². The van der Waals surface area contributed by atoms with Crippen molar-refractivity contribution < 1.29 is 4.79 Å². The normalized spacial score (nSPS) is 18.2. The van der Waals surface area contributed by atoms with Gasteiger partial charge in [0.25, 0.3) is 5.91 Å². The summed E-state index contributed by atoms with van der Waals surface area (Å²) in [7, 11) is 0. The molecule has 0 spiro atoms. The molecule has 0 bridgehead atoms. The first-order valence-corrected chi connectivity index (χ1v) is 6.85. The van der Waals surface area contributed by atoms with Crippen LogP contribution >= 0.6 is 15.9 Å². The van der Waals surface area contributed by atoms with Crippen molar-refractivity contribution in [3.05, 3.63) is 22.4 Å². The first-order valence-electron chi connectivity index (χ1n) is 6.06. The van der Waals surface area contributed by atoms with E-state index >= 15 is 0 Å². The molecule has 1 aliphatic rings. The van der Waals surface area contributed by atoms with Crippen LogP contribution in [0, 0.1) is 0 Å². The fourth-order valence-corrected chi connectivity index (χ4v) is 2.50. The van der Waals surface area contributed by atoms with Crippen LogP contribution in [0.2, 0.25) is 0 Å². The lowest BCUT2D eigenvalue weighted by Gasteiger charge is -2.31. The molecule has 4 nitrogen and oxygen atoms in total. The molecule has 0 radical (unpaired) electrons. The molecule has 0 aromatic carbocycles. The van der Waals surface area contributed by atoms with Crippen LogP contribution in [0.25, 0.3) is 0 Å². The fraction of sp³-hybridized carbons (Fsp3) is 0.583. The molecule has 1 fully saturated rings. The highest BCUT2D eigenvalue weighted by Gasteiger charge is 2.20. The van der Waals surface area contributed by atoms with Gasteiger partial charge in [0.2, 0.25) is 0 Å². The van der Waals surface area contributed by atoms with E-state index < -0.39 is 0 Å². The third kappa shape index (κ3) is 3.33. The summed E-state index contributed by atoms with van der Waals surface area (Å²) in [5.74, 6) is -0.00866. The van der Waals surface area contributed by atoms with Crippen LogP contribution in [0.15, 0.2) is 16.7 Å². The van der Waals surface area contributed by atoms with E-state index in [1.165, 1.54) is 0 Å². The Labute approximate surface area is 110 Å². The van der Waals surface area contributed by atoms with Gasteiger partial charge in [-0.15, -0.1) is 0 Å². The average Bonchev–Trinajstić information content (AvgIpc) is 2.77. The minimum atomic E-state index is -0.00866. The number of piperidine rings is 1. The number of amides is 1. The van der Waals surface area contributed by atoms with Crippen LogP contribution in [0.1, 0.15) is 30.3 Å².